The summed E-state index contributed by atoms with van der Waals surface area (Å²) in [4.78, 5) is 8.77. The first-order valence-corrected chi connectivity index (χ1v) is 5.88. The fraction of sp³-hybridized carbons (Fsp3) is 0.0667. The third-order valence-corrected chi connectivity index (χ3v) is 2.95. The van der Waals surface area contributed by atoms with E-state index in [1.165, 1.54) is 7.11 Å². The summed E-state index contributed by atoms with van der Waals surface area (Å²) in [7, 11) is 1.52. The Morgan fingerprint density at radius 2 is 1.89 bits per heavy atom. The maximum absolute atomic E-state index is 10.0. The van der Waals surface area contributed by atoms with Crippen LogP contribution in [-0.2, 0) is 0 Å². The smallest absolute Gasteiger partial charge is 0.167 e. The number of benzene rings is 1. The molecule has 0 atom stereocenters. The number of ether oxygens (including phenoxy) is 1. The summed E-state index contributed by atoms with van der Waals surface area (Å²) < 4.78 is 5.08. The number of aromatic hydroxyl groups is 1. The highest BCUT2D eigenvalue weighted by Gasteiger charge is 2.09. The molecule has 0 radical (unpaired) electrons. The van der Waals surface area contributed by atoms with E-state index < -0.39 is 0 Å². The average molecular weight is 252 g/mol. The lowest BCUT2D eigenvalue weighted by Gasteiger charge is -2.07. The topological polar surface area (TPSA) is 55.2 Å². The van der Waals surface area contributed by atoms with Gasteiger partial charge in [-0.25, -0.2) is 4.98 Å². The Hall–Kier alpha value is -2.62. The predicted octanol–water partition coefficient (Wildman–Crippen LogP) is 3.01. The third-order valence-electron chi connectivity index (χ3n) is 2.95. The van der Waals surface area contributed by atoms with Crippen molar-refractivity contribution < 1.29 is 9.84 Å². The molecule has 1 aromatic carbocycles. The molecule has 4 nitrogen and oxygen atoms in total. The molecule has 2 aromatic heterocycles. The van der Waals surface area contributed by atoms with Gasteiger partial charge >= 0.3 is 0 Å². The van der Waals surface area contributed by atoms with Gasteiger partial charge in [0.2, 0.25) is 0 Å². The Kier molecular flexibility index (Phi) is 2.76. The van der Waals surface area contributed by atoms with E-state index in [0.29, 0.717) is 16.7 Å². The second kappa shape index (κ2) is 4.57. The summed E-state index contributed by atoms with van der Waals surface area (Å²) in [5.74, 6) is 0.556. The number of nitrogens with zero attached hydrogens (tertiary/aromatic N) is 2. The van der Waals surface area contributed by atoms with Crippen LogP contribution in [-0.4, -0.2) is 22.2 Å². The Labute approximate surface area is 110 Å². The van der Waals surface area contributed by atoms with E-state index in [9.17, 15) is 5.11 Å². The molecule has 0 spiro atoms. The lowest BCUT2D eigenvalue weighted by atomic mass is 10.1. The van der Waals surface area contributed by atoms with Crippen molar-refractivity contribution in [3.8, 4) is 22.9 Å². The number of rotatable bonds is 2. The van der Waals surface area contributed by atoms with Crippen LogP contribution in [0, 0.1) is 0 Å². The van der Waals surface area contributed by atoms with Crippen LogP contribution in [0.2, 0.25) is 0 Å². The molecule has 0 unspecified atom stereocenters. The van der Waals surface area contributed by atoms with Gasteiger partial charge in [0, 0.05) is 11.6 Å². The van der Waals surface area contributed by atoms with Gasteiger partial charge in [-0.05, 0) is 36.4 Å². The zero-order valence-corrected chi connectivity index (χ0v) is 10.4. The number of aromatic nitrogens is 2. The fourth-order valence-electron chi connectivity index (χ4n) is 1.99. The molecule has 4 heteroatoms. The van der Waals surface area contributed by atoms with E-state index in [1.807, 2.05) is 36.4 Å². The first-order chi connectivity index (χ1) is 9.29. The maximum atomic E-state index is 10.0. The molecule has 94 valence electrons. The molecule has 0 saturated heterocycles. The van der Waals surface area contributed by atoms with Crippen LogP contribution < -0.4 is 4.74 Å². The summed E-state index contributed by atoms with van der Waals surface area (Å²) in [5, 5.41) is 10.7. The van der Waals surface area contributed by atoms with Gasteiger partial charge in [0.25, 0.3) is 0 Å². The van der Waals surface area contributed by atoms with Crippen LogP contribution in [0.5, 0.6) is 11.5 Å². The van der Waals surface area contributed by atoms with Crippen LogP contribution in [0.1, 0.15) is 0 Å². The van der Waals surface area contributed by atoms with Gasteiger partial charge in [-0.2, -0.15) is 0 Å². The zero-order chi connectivity index (χ0) is 13.2. The van der Waals surface area contributed by atoms with E-state index in [1.54, 1.807) is 12.3 Å². The van der Waals surface area contributed by atoms with Crippen molar-refractivity contribution in [2.45, 2.75) is 0 Å². The summed E-state index contributed by atoms with van der Waals surface area (Å²) in [6, 6.07) is 12.9. The Balaban J connectivity index is 2.18. The highest BCUT2D eigenvalue weighted by molar-refractivity contribution is 5.89. The van der Waals surface area contributed by atoms with Crippen LogP contribution in [0.3, 0.4) is 0 Å². The average Bonchev–Trinajstić information content (AvgIpc) is 2.48. The fourth-order valence-corrected chi connectivity index (χ4v) is 1.99. The van der Waals surface area contributed by atoms with Crippen LogP contribution in [0.4, 0.5) is 0 Å². The highest BCUT2D eigenvalue weighted by Crippen LogP contribution is 2.34. The SMILES string of the molecule is COc1ccc2nc(-c3ccccn3)ccc2c1O. The highest BCUT2D eigenvalue weighted by atomic mass is 16.5. The van der Waals surface area contributed by atoms with Gasteiger partial charge in [-0.1, -0.05) is 6.07 Å². The Morgan fingerprint density at radius 1 is 1.00 bits per heavy atom. The number of phenolic OH excluding ortho intramolecular Hbond substituents is 1. The first kappa shape index (κ1) is 11.5. The molecule has 3 aromatic rings. The normalized spacial score (nSPS) is 10.6. The number of phenols is 1. The predicted molar refractivity (Wildman–Crippen MR) is 73.2 cm³/mol. The molecule has 2 heterocycles. The summed E-state index contributed by atoms with van der Waals surface area (Å²) in [6.07, 6.45) is 1.73. The minimum absolute atomic E-state index is 0.111. The number of methoxy groups -OCH3 is 1. The third kappa shape index (κ3) is 1.97. The molecular weight excluding hydrogens is 240 g/mol. The van der Waals surface area contributed by atoms with Gasteiger partial charge in [-0.3, -0.25) is 4.98 Å². The van der Waals surface area contributed by atoms with Crippen molar-refractivity contribution in [1.82, 2.24) is 9.97 Å². The van der Waals surface area contributed by atoms with Gasteiger partial charge in [-0.15, -0.1) is 0 Å². The molecule has 19 heavy (non-hydrogen) atoms. The van der Waals surface area contributed by atoms with Gasteiger partial charge < -0.3 is 9.84 Å². The Bertz CT molecular complexity index is 727. The molecule has 0 bridgehead atoms. The van der Waals surface area contributed by atoms with E-state index >= 15 is 0 Å². The van der Waals surface area contributed by atoms with Crippen molar-refractivity contribution in [2.24, 2.45) is 0 Å². The monoisotopic (exact) mass is 252 g/mol. The first-order valence-electron chi connectivity index (χ1n) is 5.88. The number of hydrogen-bond acceptors (Lipinski definition) is 4. The maximum Gasteiger partial charge on any atom is 0.167 e. The van der Waals surface area contributed by atoms with E-state index in [2.05, 4.69) is 9.97 Å². The second-order valence-corrected chi connectivity index (χ2v) is 4.09. The number of fused-ring (bicyclic) bond motifs is 1. The number of hydrogen-bond donors (Lipinski definition) is 1. The van der Waals surface area contributed by atoms with Gasteiger partial charge in [0.15, 0.2) is 11.5 Å². The van der Waals surface area contributed by atoms with Gasteiger partial charge in [0.1, 0.15) is 0 Å². The molecule has 0 fully saturated rings. The molecule has 0 aliphatic carbocycles. The van der Waals surface area contributed by atoms with Gasteiger partial charge in [0.05, 0.1) is 24.0 Å². The molecule has 0 saturated carbocycles. The van der Waals surface area contributed by atoms with Crippen molar-refractivity contribution in [3.63, 3.8) is 0 Å². The van der Waals surface area contributed by atoms with Crippen LogP contribution in [0.25, 0.3) is 22.3 Å². The molecule has 3 rings (SSSR count). The Morgan fingerprint density at radius 3 is 2.63 bits per heavy atom. The van der Waals surface area contributed by atoms with Crippen LogP contribution >= 0.6 is 0 Å². The lowest BCUT2D eigenvalue weighted by molar-refractivity contribution is 0.376. The van der Waals surface area contributed by atoms with Crippen molar-refractivity contribution in [3.05, 3.63) is 48.7 Å². The minimum atomic E-state index is 0.111. The van der Waals surface area contributed by atoms with Crippen molar-refractivity contribution in [1.29, 1.82) is 0 Å². The molecule has 0 aliphatic rings. The van der Waals surface area contributed by atoms with Crippen molar-refractivity contribution in [2.75, 3.05) is 7.11 Å². The molecular formula is C15H12N2O2. The molecule has 0 amide bonds. The number of pyridine rings is 2. The molecule has 1 N–H and O–H groups in total. The summed E-state index contributed by atoms with van der Waals surface area (Å²) >= 11 is 0. The zero-order valence-electron chi connectivity index (χ0n) is 10.4. The molecule has 0 aliphatic heterocycles. The second-order valence-electron chi connectivity index (χ2n) is 4.09. The standard InChI is InChI=1S/C15H12N2O2/c1-19-14-8-7-11-10(15(14)18)5-6-13(17-11)12-4-2-3-9-16-12/h2-9,18H,1H3. The quantitative estimate of drug-likeness (QED) is 0.761. The largest absolute Gasteiger partial charge is 0.504 e. The summed E-state index contributed by atoms with van der Waals surface area (Å²) in [5.41, 5.74) is 2.29. The van der Waals surface area contributed by atoms with E-state index in [-0.39, 0.29) is 5.75 Å². The minimum Gasteiger partial charge on any atom is -0.504 e. The van der Waals surface area contributed by atoms with E-state index in [4.69, 9.17) is 4.74 Å². The van der Waals surface area contributed by atoms with E-state index in [0.717, 1.165) is 11.4 Å². The van der Waals surface area contributed by atoms with Crippen molar-refractivity contribution >= 4 is 10.9 Å². The van der Waals surface area contributed by atoms with Crippen LogP contribution in [0.15, 0.2) is 48.7 Å². The summed E-state index contributed by atoms with van der Waals surface area (Å²) in [6.45, 7) is 0. The lowest BCUT2D eigenvalue weighted by Crippen LogP contribution is -1.89.